The monoisotopic (exact) mass is 347 g/mol. The first-order valence-corrected chi connectivity index (χ1v) is 6.53. The van der Waals surface area contributed by atoms with Gasteiger partial charge in [-0.15, -0.1) is 0 Å². The fourth-order valence-electron chi connectivity index (χ4n) is 1.77. The molecule has 9 heteroatoms. The topological polar surface area (TPSA) is 72.6 Å². The van der Waals surface area contributed by atoms with E-state index in [1.54, 1.807) is 0 Å². The van der Waals surface area contributed by atoms with E-state index in [2.05, 4.69) is 0 Å². The summed E-state index contributed by atoms with van der Waals surface area (Å²) >= 11 is 5.91. The van der Waals surface area contributed by atoms with E-state index in [1.807, 2.05) is 0 Å². The molecule has 0 spiro atoms. The molecular formula is C14H9ClF3NO4. The number of nitro groups is 1. The molecule has 0 aliphatic heterocycles. The normalized spacial score (nSPS) is 11.3. The molecule has 0 heterocycles. The van der Waals surface area contributed by atoms with Gasteiger partial charge >= 0.3 is 11.9 Å². The largest absolute Gasteiger partial charge is 0.449 e. The van der Waals surface area contributed by atoms with E-state index in [9.17, 15) is 23.3 Å². The summed E-state index contributed by atoms with van der Waals surface area (Å²) in [6.07, 6.45) is -4.70. The minimum Gasteiger partial charge on any atom is -0.449 e. The van der Waals surface area contributed by atoms with Crippen LogP contribution in [0.5, 0.6) is 11.5 Å². The van der Waals surface area contributed by atoms with Crippen LogP contribution in [0.4, 0.5) is 18.9 Å². The van der Waals surface area contributed by atoms with Gasteiger partial charge in [-0.05, 0) is 29.8 Å². The van der Waals surface area contributed by atoms with Crippen molar-refractivity contribution in [2.75, 3.05) is 0 Å². The molecule has 0 aromatic heterocycles. The standard InChI is InChI=1S/C14H9ClF3NO4/c15-10-5-8(7-20)1-3-12(10)23-13-4-2-9(14(16,17)18)6-11(13)19(21)22/h1-6,20H,7H2. The summed E-state index contributed by atoms with van der Waals surface area (Å²) in [6.45, 7) is -0.263. The Kier molecular flexibility index (Phi) is 4.76. The van der Waals surface area contributed by atoms with Crippen LogP contribution in [-0.2, 0) is 12.8 Å². The molecule has 2 aromatic rings. The second kappa shape index (κ2) is 6.43. The van der Waals surface area contributed by atoms with E-state index >= 15 is 0 Å². The van der Waals surface area contributed by atoms with E-state index in [-0.39, 0.29) is 23.1 Å². The van der Waals surface area contributed by atoms with E-state index in [1.165, 1.54) is 18.2 Å². The molecule has 1 N–H and O–H groups in total. The Labute approximate surface area is 133 Å². The highest BCUT2D eigenvalue weighted by molar-refractivity contribution is 6.32. The van der Waals surface area contributed by atoms with Crippen LogP contribution in [-0.4, -0.2) is 10.0 Å². The highest BCUT2D eigenvalue weighted by Gasteiger charge is 2.33. The van der Waals surface area contributed by atoms with Crippen LogP contribution in [0.15, 0.2) is 36.4 Å². The maximum atomic E-state index is 12.6. The number of alkyl halides is 3. The van der Waals surface area contributed by atoms with Crippen LogP contribution in [0.3, 0.4) is 0 Å². The van der Waals surface area contributed by atoms with Gasteiger partial charge in [0.25, 0.3) is 0 Å². The molecule has 0 unspecified atom stereocenters. The van der Waals surface area contributed by atoms with Crippen molar-refractivity contribution in [2.45, 2.75) is 12.8 Å². The molecule has 0 radical (unpaired) electrons. The molecule has 0 saturated carbocycles. The predicted molar refractivity (Wildman–Crippen MR) is 75.5 cm³/mol. The molecule has 0 atom stereocenters. The van der Waals surface area contributed by atoms with Crippen LogP contribution in [0.1, 0.15) is 11.1 Å². The number of hydrogen-bond acceptors (Lipinski definition) is 4. The third-order valence-electron chi connectivity index (χ3n) is 2.88. The van der Waals surface area contributed by atoms with Gasteiger partial charge in [-0.3, -0.25) is 10.1 Å². The summed E-state index contributed by atoms with van der Waals surface area (Å²) in [6, 6.07) is 6.14. The van der Waals surface area contributed by atoms with Crippen LogP contribution in [0.25, 0.3) is 0 Å². The summed E-state index contributed by atoms with van der Waals surface area (Å²) in [4.78, 5) is 10.00. The lowest BCUT2D eigenvalue weighted by molar-refractivity contribution is -0.385. The maximum Gasteiger partial charge on any atom is 0.416 e. The lowest BCUT2D eigenvalue weighted by Crippen LogP contribution is -2.06. The molecular weight excluding hydrogens is 339 g/mol. The van der Waals surface area contributed by atoms with Crippen molar-refractivity contribution in [3.8, 4) is 11.5 Å². The van der Waals surface area contributed by atoms with Gasteiger partial charge in [0.2, 0.25) is 5.75 Å². The van der Waals surface area contributed by atoms with Crippen LogP contribution >= 0.6 is 11.6 Å². The number of hydrogen-bond donors (Lipinski definition) is 1. The molecule has 2 rings (SSSR count). The number of nitrogens with zero attached hydrogens (tertiary/aromatic N) is 1. The molecule has 0 aliphatic carbocycles. The molecule has 2 aromatic carbocycles. The number of rotatable bonds is 4. The third-order valence-corrected chi connectivity index (χ3v) is 3.18. The molecule has 0 bridgehead atoms. The Bertz CT molecular complexity index is 749. The minimum atomic E-state index is -4.70. The number of halogens is 4. The fraction of sp³-hybridized carbons (Fsp3) is 0.143. The number of nitro benzene ring substituents is 1. The van der Waals surface area contributed by atoms with E-state index < -0.39 is 22.4 Å². The van der Waals surface area contributed by atoms with Gasteiger partial charge in [-0.2, -0.15) is 13.2 Å². The van der Waals surface area contributed by atoms with Crippen molar-refractivity contribution < 1.29 is 27.9 Å². The molecule has 0 amide bonds. The minimum absolute atomic E-state index is 0.0201. The average molecular weight is 348 g/mol. The lowest BCUT2D eigenvalue weighted by atomic mass is 10.2. The van der Waals surface area contributed by atoms with Crippen molar-refractivity contribution in [1.82, 2.24) is 0 Å². The Morgan fingerprint density at radius 3 is 2.35 bits per heavy atom. The van der Waals surface area contributed by atoms with Gasteiger partial charge < -0.3 is 9.84 Å². The second-order valence-corrected chi connectivity index (χ2v) is 4.87. The summed E-state index contributed by atoms with van der Waals surface area (Å²) in [5.41, 5.74) is -1.50. The SMILES string of the molecule is O=[N+]([O-])c1cc(C(F)(F)F)ccc1Oc1ccc(CO)cc1Cl. The zero-order valence-corrected chi connectivity index (χ0v) is 12.1. The molecule has 0 fully saturated rings. The summed E-state index contributed by atoms with van der Waals surface area (Å²) in [7, 11) is 0. The highest BCUT2D eigenvalue weighted by Crippen LogP contribution is 2.39. The van der Waals surface area contributed by atoms with E-state index in [4.69, 9.17) is 21.4 Å². The Balaban J connectivity index is 2.42. The Morgan fingerprint density at radius 1 is 1.17 bits per heavy atom. The summed E-state index contributed by atoms with van der Waals surface area (Å²) in [5.74, 6) is -0.353. The Hall–Kier alpha value is -2.32. The van der Waals surface area contributed by atoms with Crippen molar-refractivity contribution in [3.63, 3.8) is 0 Å². The van der Waals surface area contributed by atoms with Gasteiger partial charge in [-0.1, -0.05) is 17.7 Å². The predicted octanol–water partition coefficient (Wildman–Crippen LogP) is 4.55. The number of benzene rings is 2. The maximum absolute atomic E-state index is 12.6. The Morgan fingerprint density at radius 2 is 1.83 bits per heavy atom. The molecule has 5 nitrogen and oxygen atoms in total. The molecule has 122 valence electrons. The summed E-state index contributed by atoms with van der Waals surface area (Å²) in [5, 5.41) is 20.0. The van der Waals surface area contributed by atoms with Gasteiger partial charge in [0, 0.05) is 6.07 Å². The van der Waals surface area contributed by atoms with Gasteiger partial charge in [0.05, 0.1) is 22.1 Å². The molecule has 23 heavy (non-hydrogen) atoms. The zero-order valence-electron chi connectivity index (χ0n) is 11.3. The quantitative estimate of drug-likeness (QED) is 0.650. The first-order chi connectivity index (χ1) is 10.7. The van der Waals surface area contributed by atoms with Crippen LogP contribution in [0, 0.1) is 10.1 Å². The van der Waals surface area contributed by atoms with E-state index in [0.717, 1.165) is 6.07 Å². The smallest absolute Gasteiger partial charge is 0.416 e. The van der Waals surface area contributed by atoms with Crippen molar-refractivity contribution in [3.05, 3.63) is 62.7 Å². The number of aliphatic hydroxyl groups excluding tert-OH is 1. The average Bonchev–Trinajstić information content (AvgIpc) is 2.48. The second-order valence-electron chi connectivity index (χ2n) is 4.46. The highest BCUT2D eigenvalue weighted by atomic mass is 35.5. The number of aliphatic hydroxyl groups is 1. The molecule has 0 saturated heterocycles. The fourth-order valence-corrected chi connectivity index (χ4v) is 2.01. The summed E-state index contributed by atoms with van der Waals surface area (Å²) < 4.78 is 43.1. The molecule has 0 aliphatic rings. The first kappa shape index (κ1) is 17.0. The van der Waals surface area contributed by atoms with Crippen molar-refractivity contribution >= 4 is 17.3 Å². The first-order valence-electron chi connectivity index (χ1n) is 6.15. The van der Waals surface area contributed by atoms with Crippen molar-refractivity contribution in [2.24, 2.45) is 0 Å². The van der Waals surface area contributed by atoms with Gasteiger partial charge in [0.1, 0.15) is 5.75 Å². The van der Waals surface area contributed by atoms with Gasteiger partial charge in [-0.25, -0.2) is 0 Å². The van der Waals surface area contributed by atoms with Gasteiger partial charge in [0.15, 0.2) is 0 Å². The van der Waals surface area contributed by atoms with Crippen molar-refractivity contribution in [1.29, 1.82) is 0 Å². The van der Waals surface area contributed by atoms with E-state index in [0.29, 0.717) is 17.7 Å². The van der Waals surface area contributed by atoms with Crippen LogP contribution < -0.4 is 4.74 Å². The zero-order chi connectivity index (χ0) is 17.2. The third kappa shape index (κ3) is 3.91. The van der Waals surface area contributed by atoms with Crippen LogP contribution in [0.2, 0.25) is 5.02 Å². The lowest BCUT2D eigenvalue weighted by Gasteiger charge is -2.11. The number of ether oxygens (including phenoxy) is 1.